The summed E-state index contributed by atoms with van der Waals surface area (Å²) >= 11 is 33.7. The molecule has 0 bridgehead atoms. The van der Waals surface area contributed by atoms with Gasteiger partial charge in [-0.1, -0.05) is 71.9 Å². The number of benzene rings is 2. The molecule has 1 aliphatic heterocycles. The van der Waals surface area contributed by atoms with Gasteiger partial charge in [-0.25, -0.2) is 4.79 Å². The van der Waals surface area contributed by atoms with E-state index >= 15 is 0 Å². The van der Waals surface area contributed by atoms with E-state index in [1.54, 1.807) is 26.0 Å². The molecule has 0 spiro atoms. The number of carbonyl (C=O) groups excluding carboxylic acids is 4. The van der Waals surface area contributed by atoms with Crippen molar-refractivity contribution in [3.05, 3.63) is 58.9 Å². The summed E-state index contributed by atoms with van der Waals surface area (Å²) in [5.41, 5.74) is -0.110. The van der Waals surface area contributed by atoms with Crippen LogP contribution in [-0.4, -0.2) is 41.2 Å². The lowest BCUT2D eigenvalue weighted by Crippen LogP contribution is -2.47. The highest BCUT2D eigenvalue weighted by atomic mass is 79.9. The number of imide groups is 1. The Morgan fingerprint density at radius 2 is 1.51 bits per heavy atom. The van der Waals surface area contributed by atoms with Crippen LogP contribution in [0.5, 0.6) is 0 Å². The standard InChI is InChI=1S/C22H16BrCl5N2O5/c1-8(2)5-12(22(34)35-7-13(31)29-9-3-4-10(23)11(24)6-9)30-20(32)14-15(21(30)33)17(26)19(28)18(27)16(14)25/h3-4,6,8,12H,5,7H2,1-2H3,(H,29,31)/t12-/m0/s1. The van der Waals surface area contributed by atoms with E-state index in [-0.39, 0.29) is 43.6 Å². The molecular formula is C22H16BrCl5N2O5. The van der Waals surface area contributed by atoms with Crippen LogP contribution in [0.15, 0.2) is 22.7 Å². The molecule has 13 heteroatoms. The predicted molar refractivity (Wildman–Crippen MR) is 139 cm³/mol. The molecule has 7 nitrogen and oxygen atoms in total. The number of esters is 1. The smallest absolute Gasteiger partial charge is 0.329 e. The third-order valence-corrected chi connectivity index (χ3v) is 7.99. The maximum absolute atomic E-state index is 13.2. The topological polar surface area (TPSA) is 92.8 Å². The summed E-state index contributed by atoms with van der Waals surface area (Å²) in [6.45, 7) is 2.91. The molecule has 1 atom stereocenters. The van der Waals surface area contributed by atoms with Crippen molar-refractivity contribution in [2.75, 3.05) is 11.9 Å². The summed E-state index contributed by atoms with van der Waals surface area (Å²) in [4.78, 5) is 52.3. The molecule has 0 saturated carbocycles. The summed E-state index contributed by atoms with van der Waals surface area (Å²) in [6.07, 6.45) is 0.0605. The maximum Gasteiger partial charge on any atom is 0.329 e. The number of hydrogen-bond donors (Lipinski definition) is 1. The zero-order valence-electron chi connectivity index (χ0n) is 18.1. The van der Waals surface area contributed by atoms with Crippen LogP contribution < -0.4 is 5.32 Å². The molecule has 3 amide bonds. The maximum atomic E-state index is 13.2. The molecule has 2 aromatic carbocycles. The number of amides is 3. The van der Waals surface area contributed by atoms with Crippen molar-refractivity contribution in [1.82, 2.24) is 4.90 Å². The molecule has 0 fully saturated rings. The second kappa shape index (κ2) is 11.2. The van der Waals surface area contributed by atoms with Gasteiger partial charge in [-0.05, 0) is 46.5 Å². The molecule has 2 aromatic rings. The van der Waals surface area contributed by atoms with Gasteiger partial charge < -0.3 is 10.1 Å². The molecular weight excluding hydrogens is 629 g/mol. The first-order chi connectivity index (χ1) is 16.3. The Balaban J connectivity index is 1.81. The van der Waals surface area contributed by atoms with Gasteiger partial charge in [0.05, 0.1) is 36.2 Å². The Kier molecular flexibility index (Phi) is 9.00. The lowest BCUT2D eigenvalue weighted by molar-refractivity contribution is -0.151. The number of anilines is 1. The van der Waals surface area contributed by atoms with Gasteiger partial charge in [0.25, 0.3) is 17.7 Å². The molecule has 35 heavy (non-hydrogen) atoms. The largest absolute Gasteiger partial charge is 0.454 e. The van der Waals surface area contributed by atoms with Crippen LogP contribution in [0.2, 0.25) is 25.1 Å². The first-order valence-electron chi connectivity index (χ1n) is 10.0. The van der Waals surface area contributed by atoms with Crippen molar-refractivity contribution in [2.45, 2.75) is 26.3 Å². The fraction of sp³-hybridized carbons (Fsp3) is 0.273. The Bertz CT molecular complexity index is 1210. The van der Waals surface area contributed by atoms with Crippen molar-refractivity contribution in [3.63, 3.8) is 0 Å². The second-order valence-electron chi connectivity index (χ2n) is 7.92. The minimum atomic E-state index is -1.35. The van der Waals surface area contributed by atoms with Gasteiger partial charge in [0.2, 0.25) is 0 Å². The Labute approximate surface area is 234 Å². The van der Waals surface area contributed by atoms with E-state index in [0.29, 0.717) is 20.1 Å². The molecule has 0 aromatic heterocycles. The number of fused-ring (bicyclic) bond motifs is 1. The number of rotatable bonds is 7. The Hall–Kier alpha value is -1.55. The van der Waals surface area contributed by atoms with Crippen LogP contribution >= 0.6 is 73.9 Å². The van der Waals surface area contributed by atoms with Crippen molar-refractivity contribution in [3.8, 4) is 0 Å². The number of carbonyl (C=O) groups is 4. The molecule has 1 heterocycles. The van der Waals surface area contributed by atoms with E-state index in [1.807, 2.05) is 0 Å². The van der Waals surface area contributed by atoms with E-state index in [0.717, 1.165) is 0 Å². The van der Waals surface area contributed by atoms with Gasteiger partial charge in [0, 0.05) is 10.2 Å². The van der Waals surface area contributed by atoms with Crippen LogP contribution in [0.4, 0.5) is 5.69 Å². The number of nitrogens with one attached hydrogen (secondary N) is 1. The average Bonchev–Trinajstić information content (AvgIpc) is 3.05. The van der Waals surface area contributed by atoms with Gasteiger partial charge in [0.15, 0.2) is 6.61 Å². The third-order valence-electron chi connectivity index (χ3n) is 4.96. The fourth-order valence-electron chi connectivity index (χ4n) is 3.41. The van der Waals surface area contributed by atoms with E-state index in [1.165, 1.54) is 6.07 Å². The zero-order chi connectivity index (χ0) is 26.2. The zero-order valence-corrected chi connectivity index (χ0v) is 23.4. The number of hydrogen-bond acceptors (Lipinski definition) is 5. The molecule has 1 aliphatic rings. The van der Waals surface area contributed by atoms with Gasteiger partial charge in [-0.15, -0.1) is 0 Å². The van der Waals surface area contributed by atoms with Crippen molar-refractivity contribution < 1.29 is 23.9 Å². The fourth-order valence-corrected chi connectivity index (χ4v) is 4.85. The molecule has 0 saturated heterocycles. The average molecular weight is 646 g/mol. The van der Waals surface area contributed by atoms with E-state index < -0.39 is 36.3 Å². The highest BCUT2D eigenvalue weighted by Gasteiger charge is 2.47. The third kappa shape index (κ3) is 5.73. The minimum absolute atomic E-state index is 0.0605. The molecule has 0 unspecified atom stereocenters. The van der Waals surface area contributed by atoms with Crippen LogP contribution in [0.3, 0.4) is 0 Å². The summed E-state index contributed by atoms with van der Waals surface area (Å²) < 4.78 is 5.79. The molecule has 3 rings (SSSR count). The van der Waals surface area contributed by atoms with Crippen LogP contribution in [0.25, 0.3) is 0 Å². The number of nitrogens with zero attached hydrogens (tertiary/aromatic N) is 1. The summed E-state index contributed by atoms with van der Waals surface area (Å²) in [6, 6.07) is 3.40. The molecule has 0 aliphatic carbocycles. The van der Waals surface area contributed by atoms with Gasteiger partial charge in [0.1, 0.15) is 6.04 Å². The SMILES string of the molecule is CC(C)C[C@@H](C(=O)OCC(=O)Nc1ccc(Br)c(Cl)c1)N1C(=O)c2c(Cl)c(Cl)c(Cl)c(Cl)c2C1=O. The first kappa shape index (κ1) is 28.0. The number of ether oxygens (including phenoxy) is 1. The van der Waals surface area contributed by atoms with Crippen molar-refractivity contribution in [1.29, 1.82) is 0 Å². The van der Waals surface area contributed by atoms with Crippen LogP contribution in [-0.2, 0) is 14.3 Å². The predicted octanol–water partition coefficient (Wildman–Crippen LogP) is 6.91. The molecule has 0 radical (unpaired) electrons. The Morgan fingerprint density at radius 3 is 2.00 bits per heavy atom. The summed E-state index contributed by atoms with van der Waals surface area (Å²) in [5.74, 6) is -3.47. The highest BCUT2D eigenvalue weighted by molar-refractivity contribution is 9.10. The minimum Gasteiger partial charge on any atom is -0.454 e. The monoisotopic (exact) mass is 642 g/mol. The molecule has 186 valence electrons. The number of halogens is 6. The lowest BCUT2D eigenvalue weighted by atomic mass is 10.0. The normalized spacial score (nSPS) is 13.8. The van der Waals surface area contributed by atoms with E-state index in [2.05, 4.69) is 21.2 Å². The highest BCUT2D eigenvalue weighted by Crippen LogP contribution is 2.45. The lowest BCUT2D eigenvalue weighted by Gasteiger charge is -2.26. The summed E-state index contributed by atoms with van der Waals surface area (Å²) in [5, 5.41) is 2.04. The first-order valence-corrected chi connectivity index (χ1v) is 12.7. The Morgan fingerprint density at radius 1 is 0.971 bits per heavy atom. The van der Waals surface area contributed by atoms with Crippen LogP contribution in [0.1, 0.15) is 41.0 Å². The van der Waals surface area contributed by atoms with Crippen molar-refractivity contribution in [2.24, 2.45) is 5.92 Å². The van der Waals surface area contributed by atoms with Gasteiger partial charge >= 0.3 is 5.97 Å². The van der Waals surface area contributed by atoms with Gasteiger partial charge in [-0.2, -0.15) is 0 Å². The second-order valence-corrected chi connectivity index (χ2v) is 10.7. The quantitative estimate of drug-likeness (QED) is 0.153. The van der Waals surface area contributed by atoms with Gasteiger partial charge in [-0.3, -0.25) is 19.3 Å². The molecule has 1 N–H and O–H groups in total. The van der Waals surface area contributed by atoms with E-state index in [4.69, 9.17) is 62.7 Å². The van der Waals surface area contributed by atoms with E-state index in [9.17, 15) is 19.2 Å². The van der Waals surface area contributed by atoms with Crippen molar-refractivity contribution >= 4 is 103 Å². The van der Waals surface area contributed by atoms with Crippen LogP contribution in [0, 0.1) is 5.92 Å². The summed E-state index contributed by atoms with van der Waals surface area (Å²) in [7, 11) is 0.